The Kier molecular flexibility index (Phi) is 3.48. The van der Waals surface area contributed by atoms with E-state index in [1.54, 1.807) is 6.07 Å². The van der Waals surface area contributed by atoms with Gasteiger partial charge in [0.2, 0.25) is 5.88 Å². The zero-order chi connectivity index (χ0) is 15.2. The molecule has 0 atom stereocenters. The van der Waals surface area contributed by atoms with Crippen LogP contribution in [0.1, 0.15) is 31.5 Å². The lowest BCUT2D eigenvalue weighted by Crippen LogP contribution is -2.29. The Morgan fingerprint density at radius 3 is 2.55 bits per heavy atom. The van der Waals surface area contributed by atoms with Crippen molar-refractivity contribution in [2.24, 2.45) is 5.41 Å². The van der Waals surface area contributed by atoms with Crippen LogP contribution < -0.4 is 4.18 Å². The maximum absolute atomic E-state index is 12.2. The molecule has 0 aromatic carbocycles. The van der Waals surface area contributed by atoms with E-state index in [1.807, 2.05) is 13.8 Å². The number of nitrogens with zero attached hydrogens (tertiary/aromatic N) is 1. The van der Waals surface area contributed by atoms with Crippen LogP contribution in [-0.2, 0) is 23.0 Å². The minimum atomic E-state index is -5.67. The van der Waals surface area contributed by atoms with E-state index in [0.29, 0.717) is 12.1 Å². The summed E-state index contributed by atoms with van der Waals surface area (Å²) >= 11 is 0. The molecule has 1 aliphatic carbocycles. The summed E-state index contributed by atoms with van der Waals surface area (Å²) in [5, 5.41) is 0. The zero-order valence-corrected chi connectivity index (χ0v) is 11.8. The molecule has 2 rings (SSSR count). The molecule has 0 aliphatic heterocycles. The molecule has 0 N–H and O–H groups in total. The topological polar surface area (TPSA) is 56.3 Å². The number of fused-ring (bicyclic) bond motifs is 1. The molecular weight excluding hydrogens is 295 g/mol. The van der Waals surface area contributed by atoms with Crippen LogP contribution in [0.15, 0.2) is 12.1 Å². The molecule has 1 aromatic heterocycles. The summed E-state index contributed by atoms with van der Waals surface area (Å²) in [5.74, 6) is -0.543. The Balaban J connectivity index is 2.29. The van der Waals surface area contributed by atoms with Crippen molar-refractivity contribution < 1.29 is 25.8 Å². The quantitative estimate of drug-likeness (QED) is 0.622. The highest BCUT2D eigenvalue weighted by atomic mass is 32.2. The molecule has 0 radical (unpaired) electrons. The first kappa shape index (κ1) is 15.1. The van der Waals surface area contributed by atoms with E-state index in [9.17, 15) is 21.6 Å². The monoisotopic (exact) mass is 309 g/mol. The van der Waals surface area contributed by atoms with Gasteiger partial charge in [-0.05, 0) is 30.2 Å². The number of pyridine rings is 1. The van der Waals surface area contributed by atoms with Gasteiger partial charge in [0.15, 0.2) is 0 Å². The molecule has 0 fully saturated rings. The SMILES string of the molecule is CC1(C)CCc2ccc(OS(=O)(=O)C(F)(F)F)nc2C1. The Labute approximate surface area is 115 Å². The van der Waals surface area contributed by atoms with Crippen LogP contribution in [0.3, 0.4) is 0 Å². The summed E-state index contributed by atoms with van der Waals surface area (Å²) in [6, 6.07) is 2.72. The fourth-order valence-corrected chi connectivity index (χ4v) is 2.52. The maximum Gasteiger partial charge on any atom is 0.534 e. The first-order valence-electron chi connectivity index (χ1n) is 6.00. The van der Waals surface area contributed by atoms with Crippen LogP contribution in [0.2, 0.25) is 0 Å². The number of aromatic nitrogens is 1. The number of hydrogen-bond acceptors (Lipinski definition) is 4. The molecule has 0 saturated heterocycles. The lowest BCUT2D eigenvalue weighted by atomic mass is 9.76. The zero-order valence-electron chi connectivity index (χ0n) is 11.0. The highest BCUT2D eigenvalue weighted by molar-refractivity contribution is 7.87. The van der Waals surface area contributed by atoms with Gasteiger partial charge in [-0.3, -0.25) is 0 Å². The minimum absolute atomic E-state index is 0.0124. The molecular formula is C12H14F3NO3S. The van der Waals surface area contributed by atoms with Crippen LogP contribution >= 0.6 is 0 Å². The Morgan fingerprint density at radius 1 is 1.30 bits per heavy atom. The number of hydrogen-bond donors (Lipinski definition) is 0. The van der Waals surface area contributed by atoms with Crippen molar-refractivity contribution in [3.8, 4) is 5.88 Å². The highest BCUT2D eigenvalue weighted by Gasteiger charge is 2.49. The molecule has 0 unspecified atom stereocenters. The van der Waals surface area contributed by atoms with E-state index < -0.39 is 21.5 Å². The molecule has 0 bridgehead atoms. The van der Waals surface area contributed by atoms with E-state index >= 15 is 0 Å². The van der Waals surface area contributed by atoms with E-state index in [2.05, 4.69) is 9.17 Å². The van der Waals surface area contributed by atoms with Crippen molar-refractivity contribution in [1.82, 2.24) is 4.98 Å². The van der Waals surface area contributed by atoms with Crippen LogP contribution in [0, 0.1) is 5.41 Å². The summed E-state index contributed by atoms with van der Waals surface area (Å²) in [4.78, 5) is 3.91. The maximum atomic E-state index is 12.2. The van der Waals surface area contributed by atoms with Gasteiger partial charge in [-0.1, -0.05) is 19.9 Å². The lowest BCUT2D eigenvalue weighted by molar-refractivity contribution is -0.0501. The number of aryl methyl sites for hydroxylation is 1. The van der Waals surface area contributed by atoms with Gasteiger partial charge in [0.1, 0.15) is 0 Å². The third kappa shape index (κ3) is 3.05. The normalized spacial score (nSPS) is 18.4. The van der Waals surface area contributed by atoms with Gasteiger partial charge < -0.3 is 4.18 Å². The third-order valence-corrected chi connectivity index (χ3v) is 4.20. The molecule has 20 heavy (non-hydrogen) atoms. The molecule has 0 spiro atoms. The lowest BCUT2D eigenvalue weighted by Gasteiger charge is -2.30. The van der Waals surface area contributed by atoms with Crippen molar-refractivity contribution in [3.05, 3.63) is 23.4 Å². The van der Waals surface area contributed by atoms with Gasteiger partial charge in [0, 0.05) is 11.8 Å². The predicted octanol–water partition coefficient (Wildman–Crippen LogP) is 2.82. The Hall–Kier alpha value is -1.31. The van der Waals surface area contributed by atoms with Gasteiger partial charge in [0.05, 0.1) is 0 Å². The van der Waals surface area contributed by atoms with Crippen molar-refractivity contribution in [3.63, 3.8) is 0 Å². The summed E-state index contributed by atoms with van der Waals surface area (Å²) in [7, 11) is -5.67. The molecule has 1 heterocycles. The van der Waals surface area contributed by atoms with Gasteiger partial charge in [0.25, 0.3) is 0 Å². The number of rotatable bonds is 2. The van der Waals surface area contributed by atoms with Crippen LogP contribution in [-0.4, -0.2) is 18.9 Å². The van der Waals surface area contributed by atoms with Crippen molar-refractivity contribution >= 4 is 10.1 Å². The fraction of sp³-hybridized carbons (Fsp3) is 0.583. The Bertz CT molecular complexity index is 623. The van der Waals surface area contributed by atoms with E-state index in [-0.39, 0.29) is 5.41 Å². The molecule has 0 saturated carbocycles. The molecule has 4 nitrogen and oxygen atoms in total. The number of halogens is 3. The first-order chi connectivity index (χ1) is 9.00. The van der Waals surface area contributed by atoms with Crippen LogP contribution in [0.25, 0.3) is 0 Å². The Morgan fingerprint density at radius 2 is 1.95 bits per heavy atom. The van der Waals surface area contributed by atoms with Crippen molar-refractivity contribution in [2.75, 3.05) is 0 Å². The standard InChI is InChI=1S/C12H14F3NO3S/c1-11(2)6-5-8-3-4-10(16-9(8)7-11)19-20(17,18)12(13,14)15/h3-4H,5-7H2,1-2H3. The van der Waals surface area contributed by atoms with Gasteiger partial charge >= 0.3 is 15.6 Å². The molecule has 8 heteroatoms. The smallest absolute Gasteiger partial charge is 0.355 e. The highest BCUT2D eigenvalue weighted by Crippen LogP contribution is 2.35. The molecule has 0 amide bonds. The summed E-state index contributed by atoms with van der Waals surface area (Å²) in [6.07, 6.45) is 2.29. The predicted molar refractivity (Wildman–Crippen MR) is 65.6 cm³/mol. The summed E-state index contributed by atoms with van der Waals surface area (Å²) in [6.45, 7) is 4.05. The first-order valence-corrected chi connectivity index (χ1v) is 7.41. The van der Waals surface area contributed by atoms with Gasteiger partial charge in [-0.25, -0.2) is 4.98 Å². The summed E-state index contributed by atoms with van der Waals surface area (Å²) in [5.41, 5.74) is -3.96. The van der Waals surface area contributed by atoms with E-state index in [0.717, 1.165) is 24.5 Å². The van der Waals surface area contributed by atoms with E-state index in [4.69, 9.17) is 0 Å². The van der Waals surface area contributed by atoms with Crippen LogP contribution in [0.4, 0.5) is 13.2 Å². The van der Waals surface area contributed by atoms with Crippen molar-refractivity contribution in [1.29, 1.82) is 0 Å². The average Bonchev–Trinajstić information content (AvgIpc) is 2.25. The number of alkyl halides is 3. The molecule has 112 valence electrons. The second-order valence-electron chi connectivity index (χ2n) is 5.58. The summed E-state index contributed by atoms with van der Waals surface area (Å²) < 4.78 is 62.6. The van der Waals surface area contributed by atoms with Crippen molar-refractivity contribution in [2.45, 2.75) is 38.6 Å². The fourth-order valence-electron chi connectivity index (χ4n) is 2.11. The molecule has 1 aliphatic rings. The second kappa shape index (κ2) is 4.61. The van der Waals surface area contributed by atoms with Crippen LogP contribution in [0.5, 0.6) is 5.88 Å². The van der Waals surface area contributed by atoms with E-state index in [1.165, 1.54) is 0 Å². The van der Waals surface area contributed by atoms with Gasteiger partial charge in [-0.15, -0.1) is 0 Å². The molecule has 1 aromatic rings. The largest absolute Gasteiger partial charge is 0.534 e. The third-order valence-electron chi connectivity index (χ3n) is 3.24. The average molecular weight is 309 g/mol. The second-order valence-corrected chi connectivity index (χ2v) is 7.12. The van der Waals surface area contributed by atoms with Gasteiger partial charge in [-0.2, -0.15) is 21.6 Å². The minimum Gasteiger partial charge on any atom is -0.355 e.